The topological polar surface area (TPSA) is 113 Å². The van der Waals surface area contributed by atoms with Gasteiger partial charge >= 0.3 is 5.97 Å². The highest BCUT2D eigenvalue weighted by Crippen LogP contribution is 2.35. The molecule has 1 aliphatic rings. The maximum Gasteiger partial charge on any atom is 0.338 e. The van der Waals surface area contributed by atoms with Crippen molar-refractivity contribution in [3.8, 4) is 5.75 Å². The molecule has 0 saturated carbocycles. The van der Waals surface area contributed by atoms with Crippen molar-refractivity contribution in [2.45, 2.75) is 26.5 Å². The van der Waals surface area contributed by atoms with Crippen molar-refractivity contribution in [3.05, 3.63) is 131 Å². The Bertz CT molecular complexity index is 1970. The number of allylic oxidation sites excluding steroid dienone is 1. The zero-order chi connectivity index (χ0) is 30.8. The minimum Gasteiger partial charge on any atom is -0.487 e. The zero-order valence-electron chi connectivity index (χ0n) is 22.7. The van der Waals surface area contributed by atoms with Crippen LogP contribution >= 0.6 is 61.5 Å². The number of carbonyl (C=O) groups excluding carboxylic acids is 1. The van der Waals surface area contributed by atoms with Crippen LogP contribution in [0.1, 0.15) is 36.6 Å². The molecule has 220 valence electrons. The highest BCUT2D eigenvalue weighted by molar-refractivity contribution is 14.1. The number of hydrogen-bond donors (Lipinski definition) is 0. The van der Waals surface area contributed by atoms with E-state index in [2.05, 4.69) is 43.5 Å². The fourth-order valence-electron chi connectivity index (χ4n) is 4.63. The minimum atomic E-state index is -0.827. The summed E-state index contributed by atoms with van der Waals surface area (Å²) in [6, 6.07) is 16.1. The second kappa shape index (κ2) is 13.1. The summed E-state index contributed by atoms with van der Waals surface area (Å²) >= 11 is 13.5. The normalized spacial score (nSPS) is 14.7. The molecule has 5 rings (SSSR count). The van der Waals surface area contributed by atoms with E-state index >= 15 is 0 Å². The first-order valence-electron chi connectivity index (χ1n) is 12.9. The van der Waals surface area contributed by atoms with Gasteiger partial charge in [-0.25, -0.2) is 9.79 Å². The Balaban J connectivity index is 1.62. The van der Waals surface area contributed by atoms with Crippen LogP contribution in [0.4, 0.5) is 5.69 Å². The third kappa shape index (κ3) is 6.47. The van der Waals surface area contributed by atoms with Gasteiger partial charge in [-0.3, -0.25) is 19.5 Å². The third-order valence-corrected chi connectivity index (χ3v) is 9.16. The molecule has 43 heavy (non-hydrogen) atoms. The lowest BCUT2D eigenvalue weighted by Gasteiger charge is -2.25. The Labute approximate surface area is 276 Å². The minimum absolute atomic E-state index is 0.00511. The Morgan fingerprint density at radius 2 is 1.95 bits per heavy atom. The largest absolute Gasteiger partial charge is 0.487 e. The van der Waals surface area contributed by atoms with Crippen molar-refractivity contribution in [1.82, 2.24) is 4.57 Å². The number of carbonyl (C=O) groups is 1. The summed E-state index contributed by atoms with van der Waals surface area (Å²) in [5.74, 6) is -0.0227. The Morgan fingerprint density at radius 3 is 2.63 bits per heavy atom. The highest BCUT2D eigenvalue weighted by Gasteiger charge is 2.34. The van der Waals surface area contributed by atoms with Crippen LogP contribution in [0.5, 0.6) is 5.75 Å². The predicted molar refractivity (Wildman–Crippen MR) is 176 cm³/mol. The molecule has 4 aromatic rings. The summed E-state index contributed by atoms with van der Waals surface area (Å²) in [4.78, 5) is 42.8. The summed E-state index contributed by atoms with van der Waals surface area (Å²) in [6.45, 7) is 3.76. The molecular formula is C30H22BrClIN3O6S. The number of fused-ring (bicyclic) bond motifs is 1. The second-order valence-corrected chi connectivity index (χ2v) is 12.8. The predicted octanol–water partition coefficient (Wildman–Crippen LogP) is 6.31. The van der Waals surface area contributed by atoms with E-state index in [4.69, 9.17) is 21.1 Å². The summed E-state index contributed by atoms with van der Waals surface area (Å²) < 4.78 is 15.0. The van der Waals surface area contributed by atoms with Crippen LogP contribution in [-0.2, 0) is 16.1 Å². The number of non-ortho nitro benzene ring substituents is 1. The van der Waals surface area contributed by atoms with Crippen LogP contribution in [0.2, 0.25) is 5.02 Å². The summed E-state index contributed by atoms with van der Waals surface area (Å²) in [6.07, 6.45) is 1.73. The van der Waals surface area contributed by atoms with Crippen molar-refractivity contribution < 1.29 is 19.2 Å². The highest BCUT2D eigenvalue weighted by atomic mass is 127. The first kappa shape index (κ1) is 31.1. The third-order valence-electron chi connectivity index (χ3n) is 6.57. The standard InChI is InChI=1S/C30H22BrClIN3O6S/c1-3-41-29(38)25-16(2)34-30-35(26(25)21-6-4-5-7-22(21)32)28(37)24(43-30)13-18-12-19(31)14-23(33)27(18)42-15-17-8-10-20(11-9-17)36(39)40/h4-14,26H,3,15H2,1-2H3/b24-13-/t26-/m0/s1. The molecule has 0 N–H and O–H groups in total. The number of aromatic nitrogens is 1. The molecule has 0 saturated heterocycles. The molecule has 0 spiro atoms. The number of benzene rings is 3. The monoisotopic (exact) mass is 793 g/mol. The molecule has 0 bridgehead atoms. The van der Waals surface area contributed by atoms with E-state index < -0.39 is 16.9 Å². The summed E-state index contributed by atoms with van der Waals surface area (Å²) in [5.41, 5.74) is 2.31. The van der Waals surface area contributed by atoms with E-state index in [1.54, 1.807) is 56.3 Å². The number of nitro groups is 1. The molecule has 3 aromatic carbocycles. The van der Waals surface area contributed by atoms with Gasteiger partial charge < -0.3 is 9.47 Å². The zero-order valence-corrected chi connectivity index (χ0v) is 28.0. The molecule has 1 aromatic heterocycles. The number of ether oxygens (including phenoxy) is 2. The number of halogens is 3. The van der Waals surface area contributed by atoms with Crippen molar-refractivity contribution in [3.63, 3.8) is 0 Å². The quantitative estimate of drug-likeness (QED) is 0.0896. The molecule has 13 heteroatoms. The molecule has 0 amide bonds. The van der Waals surface area contributed by atoms with Crippen molar-refractivity contribution in [2.75, 3.05) is 6.61 Å². The van der Waals surface area contributed by atoms with Crippen LogP contribution in [0.25, 0.3) is 6.08 Å². The van der Waals surface area contributed by atoms with Gasteiger partial charge in [-0.05, 0) is 84.0 Å². The molecule has 1 aliphatic heterocycles. The molecular weight excluding hydrogens is 773 g/mol. The first-order valence-corrected chi connectivity index (χ1v) is 15.9. The van der Waals surface area contributed by atoms with Gasteiger partial charge in [0, 0.05) is 27.2 Å². The van der Waals surface area contributed by atoms with Crippen molar-refractivity contribution in [1.29, 1.82) is 0 Å². The number of nitrogens with zero attached hydrogens (tertiary/aromatic N) is 3. The fraction of sp³-hybridized carbons (Fsp3) is 0.167. The maximum atomic E-state index is 14.0. The molecule has 0 unspecified atom stereocenters. The Kier molecular flexibility index (Phi) is 9.49. The molecule has 0 radical (unpaired) electrons. The lowest BCUT2D eigenvalue weighted by Crippen LogP contribution is -2.40. The van der Waals surface area contributed by atoms with E-state index in [1.165, 1.54) is 28.0 Å². The lowest BCUT2D eigenvalue weighted by molar-refractivity contribution is -0.384. The van der Waals surface area contributed by atoms with Crippen LogP contribution in [0.15, 0.2) is 86.2 Å². The Morgan fingerprint density at radius 1 is 1.23 bits per heavy atom. The SMILES string of the molecule is CCOC(=O)C1=C(C)N=c2s/c(=C\c3cc(Br)cc(I)c3OCc3ccc([N+](=O)[O-])cc3)c(=O)n2[C@H]1c1ccccc1Cl. The van der Waals surface area contributed by atoms with Gasteiger partial charge in [0.1, 0.15) is 18.4 Å². The smallest absolute Gasteiger partial charge is 0.338 e. The molecule has 1 atom stereocenters. The molecule has 0 aliphatic carbocycles. The number of hydrogen-bond acceptors (Lipinski definition) is 8. The van der Waals surface area contributed by atoms with Crippen LogP contribution in [0, 0.1) is 13.7 Å². The van der Waals surface area contributed by atoms with E-state index in [1.807, 2.05) is 12.1 Å². The molecule has 9 nitrogen and oxygen atoms in total. The van der Waals surface area contributed by atoms with E-state index in [0.29, 0.717) is 36.9 Å². The van der Waals surface area contributed by atoms with E-state index in [0.717, 1.165) is 13.6 Å². The average molecular weight is 795 g/mol. The van der Waals surface area contributed by atoms with E-state index in [-0.39, 0.29) is 30.0 Å². The van der Waals surface area contributed by atoms with Crippen LogP contribution in [0.3, 0.4) is 0 Å². The summed E-state index contributed by atoms with van der Waals surface area (Å²) in [7, 11) is 0. The van der Waals surface area contributed by atoms with Gasteiger partial charge in [0.2, 0.25) is 0 Å². The fourth-order valence-corrected chi connectivity index (χ4v) is 7.62. The van der Waals surface area contributed by atoms with Gasteiger partial charge in [-0.15, -0.1) is 0 Å². The van der Waals surface area contributed by atoms with Gasteiger partial charge in [0.15, 0.2) is 4.80 Å². The lowest BCUT2D eigenvalue weighted by atomic mass is 9.96. The van der Waals surface area contributed by atoms with Crippen LogP contribution < -0.4 is 19.6 Å². The number of nitro benzene ring substituents is 1. The average Bonchev–Trinajstić information content (AvgIpc) is 3.26. The summed E-state index contributed by atoms with van der Waals surface area (Å²) in [5, 5.41) is 11.4. The van der Waals surface area contributed by atoms with Gasteiger partial charge in [-0.1, -0.05) is 57.1 Å². The maximum absolute atomic E-state index is 14.0. The van der Waals surface area contributed by atoms with Crippen LogP contribution in [-0.4, -0.2) is 22.1 Å². The van der Waals surface area contributed by atoms with Crippen molar-refractivity contribution in [2.24, 2.45) is 4.99 Å². The Hall–Kier alpha value is -3.33. The second-order valence-electron chi connectivity index (χ2n) is 9.34. The number of thiazole rings is 1. The van der Waals surface area contributed by atoms with E-state index in [9.17, 15) is 19.7 Å². The van der Waals surface area contributed by atoms with Crippen molar-refractivity contribution >= 4 is 79.2 Å². The van der Waals surface area contributed by atoms with Gasteiger partial charge in [0.25, 0.3) is 11.2 Å². The first-order chi connectivity index (χ1) is 20.6. The number of esters is 1. The van der Waals surface area contributed by atoms with Gasteiger partial charge in [0.05, 0.1) is 30.9 Å². The van der Waals surface area contributed by atoms with Gasteiger partial charge in [-0.2, -0.15) is 0 Å². The number of rotatable bonds is 8. The molecule has 2 heterocycles. The molecule has 0 fully saturated rings.